The molecule has 2 aromatic rings. The van der Waals surface area contributed by atoms with Crippen LogP contribution in [0.1, 0.15) is 30.9 Å². The summed E-state index contributed by atoms with van der Waals surface area (Å²) < 4.78 is 0. The van der Waals surface area contributed by atoms with Gasteiger partial charge in [-0.15, -0.1) is 11.8 Å². The van der Waals surface area contributed by atoms with Crippen molar-refractivity contribution in [3.8, 4) is 0 Å². The fraction of sp³-hybridized carbons (Fsp3) is 0.381. The molecule has 0 spiro atoms. The molecule has 1 N–H and O–H groups in total. The quantitative estimate of drug-likeness (QED) is 0.695. The van der Waals surface area contributed by atoms with E-state index >= 15 is 0 Å². The van der Waals surface area contributed by atoms with Gasteiger partial charge in [0.1, 0.15) is 0 Å². The maximum Gasteiger partial charge on any atom is 0.233 e. The number of likely N-dealkylation sites (tertiary alicyclic amines) is 1. The highest BCUT2D eigenvalue weighted by Crippen LogP contribution is 2.24. The third-order valence-electron chi connectivity index (χ3n) is 4.56. The molecule has 3 rings (SSSR count). The molecule has 1 heterocycles. The molecule has 1 aliphatic rings. The van der Waals surface area contributed by atoms with Gasteiger partial charge < -0.3 is 5.32 Å². The van der Waals surface area contributed by atoms with Crippen LogP contribution in [0, 0.1) is 0 Å². The summed E-state index contributed by atoms with van der Waals surface area (Å²) >= 11 is 7.45. The second kappa shape index (κ2) is 9.45. The van der Waals surface area contributed by atoms with Crippen LogP contribution < -0.4 is 5.32 Å². The van der Waals surface area contributed by atoms with Crippen molar-refractivity contribution < 1.29 is 4.79 Å². The molecular formula is C21H25ClN2OS. The van der Waals surface area contributed by atoms with Gasteiger partial charge in [-0.3, -0.25) is 9.69 Å². The minimum atomic E-state index is -0.149. The Bertz CT molecular complexity index is 729. The van der Waals surface area contributed by atoms with Crippen molar-refractivity contribution in [1.29, 1.82) is 0 Å². The zero-order valence-corrected chi connectivity index (χ0v) is 16.7. The molecule has 2 aromatic carbocycles. The number of hydrogen-bond donors (Lipinski definition) is 1. The largest absolute Gasteiger partial charge is 0.351 e. The van der Waals surface area contributed by atoms with E-state index in [1.807, 2.05) is 31.2 Å². The van der Waals surface area contributed by atoms with Crippen LogP contribution in [0.2, 0.25) is 5.02 Å². The summed E-state index contributed by atoms with van der Waals surface area (Å²) in [6.07, 6.45) is 2.61. The number of nitrogens with one attached hydrogen (secondary N) is 1. The van der Waals surface area contributed by atoms with E-state index in [-0.39, 0.29) is 11.2 Å². The van der Waals surface area contributed by atoms with Gasteiger partial charge in [-0.25, -0.2) is 0 Å². The first-order chi connectivity index (χ1) is 12.6. The Morgan fingerprint density at radius 1 is 1.15 bits per heavy atom. The topological polar surface area (TPSA) is 32.3 Å². The first-order valence-electron chi connectivity index (χ1n) is 9.10. The number of hydrogen-bond acceptors (Lipinski definition) is 3. The van der Waals surface area contributed by atoms with Crippen molar-refractivity contribution in [2.75, 3.05) is 13.1 Å². The lowest BCUT2D eigenvalue weighted by Crippen LogP contribution is -2.30. The molecule has 0 aromatic heterocycles. The first kappa shape index (κ1) is 19.3. The van der Waals surface area contributed by atoms with Crippen molar-refractivity contribution >= 4 is 29.3 Å². The maximum atomic E-state index is 12.4. The lowest BCUT2D eigenvalue weighted by molar-refractivity contribution is -0.120. The van der Waals surface area contributed by atoms with Gasteiger partial charge in [0, 0.05) is 23.0 Å². The Morgan fingerprint density at radius 2 is 1.85 bits per heavy atom. The van der Waals surface area contributed by atoms with Crippen molar-refractivity contribution in [3.63, 3.8) is 0 Å². The second-order valence-electron chi connectivity index (χ2n) is 6.74. The van der Waals surface area contributed by atoms with E-state index in [0.29, 0.717) is 11.6 Å². The molecule has 0 bridgehead atoms. The number of amides is 1. The Balaban J connectivity index is 1.49. The summed E-state index contributed by atoms with van der Waals surface area (Å²) in [7, 11) is 0. The molecule has 1 saturated heterocycles. The Kier molecular flexibility index (Phi) is 7.00. The Hall–Kier alpha value is -1.49. The smallest absolute Gasteiger partial charge is 0.233 e. The summed E-state index contributed by atoms with van der Waals surface area (Å²) in [4.78, 5) is 15.9. The van der Waals surface area contributed by atoms with E-state index in [1.54, 1.807) is 11.8 Å². The van der Waals surface area contributed by atoms with Gasteiger partial charge in [0.2, 0.25) is 5.91 Å². The number of carbonyl (C=O) groups excluding carboxylic acids is 1. The van der Waals surface area contributed by atoms with Crippen molar-refractivity contribution in [2.24, 2.45) is 0 Å². The van der Waals surface area contributed by atoms with Gasteiger partial charge >= 0.3 is 0 Å². The van der Waals surface area contributed by atoms with Crippen molar-refractivity contribution in [3.05, 3.63) is 64.7 Å². The molecule has 0 radical (unpaired) electrons. The van der Waals surface area contributed by atoms with Gasteiger partial charge in [-0.1, -0.05) is 35.9 Å². The van der Waals surface area contributed by atoms with Gasteiger partial charge in [0.15, 0.2) is 0 Å². The molecule has 5 heteroatoms. The standard InChI is InChI=1S/C21H25ClN2OS/c1-16(26-20-9-7-19(22)8-10-20)21(25)23-14-17-5-4-6-18(13-17)15-24-11-2-3-12-24/h4-10,13,16H,2-3,11-12,14-15H2,1H3,(H,23,25)/t16-/m0/s1. The van der Waals surface area contributed by atoms with Crippen LogP contribution in [0.3, 0.4) is 0 Å². The van der Waals surface area contributed by atoms with E-state index in [9.17, 15) is 4.79 Å². The third-order valence-corrected chi connectivity index (χ3v) is 5.92. The predicted molar refractivity (Wildman–Crippen MR) is 110 cm³/mol. The molecular weight excluding hydrogens is 364 g/mol. The number of nitrogens with zero attached hydrogens (tertiary/aromatic N) is 1. The summed E-state index contributed by atoms with van der Waals surface area (Å²) in [6, 6.07) is 16.1. The Morgan fingerprint density at radius 3 is 2.58 bits per heavy atom. The first-order valence-corrected chi connectivity index (χ1v) is 10.4. The van der Waals surface area contributed by atoms with Crippen LogP contribution in [0.4, 0.5) is 0 Å². The second-order valence-corrected chi connectivity index (χ2v) is 8.59. The summed E-state index contributed by atoms with van der Waals surface area (Å²) in [5.74, 6) is 0.0508. The van der Waals surface area contributed by atoms with Gasteiger partial charge in [0.25, 0.3) is 0 Å². The molecule has 138 valence electrons. The molecule has 1 amide bonds. The molecule has 0 aliphatic carbocycles. The number of benzene rings is 2. The van der Waals surface area contributed by atoms with Gasteiger partial charge in [-0.2, -0.15) is 0 Å². The van der Waals surface area contributed by atoms with Crippen LogP contribution in [0.5, 0.6) is 0 Å². The highest BCUT2D eigenvalue weighted by Gasteiger charge is 2.15. The van der Waals surface area contributed by atoms with Crippen LogP contribution >= 0.6 is 23.4 Å². The van der Waals surface area contributed by atoms with E-state index < -0.39 is 0 Å². The zero-order valence-electron chi connectivity index (χ0n) is 15.1. The summed E-state index contributed by atoms with van der Waals surface area (Å²) in [5.41, 5.74) is 2.47. The lowest BCUT2D eigenvalue weighted by Gasteiger charge is -2.16. The molecule has 3 nitrogen and oxygen atoms in total. The minimum absolute atomic E-state index is 0.0508. The van der Waals surface area contributed by atoms with E-state index in [2.05, 4.69) is 34.5 Å². The van der Waals surface area contributed by atoms with Crippen LogP contribution in [0.25, 0.3) is 0 Å². The molecule has 26 heavy (non-hydrogen) atoms. The summed E-state index contributed by atoms with van der Waals surface area (Å²) in [6.45, 7) is 5.89. The predicted octanol–water partition coefficient (Wildman–Crippen LogP) is 4.73. The third kappa shape index (κ3) is 5.76. The molecule has 0 saturated carbocycles. The maximum absolute atomic E-state index is 12.4. The van der Waals surface area contributed by atoms with Crippen molar-refractivity contribution in [2.45, 2.75) is 43.0 Å². The van der Waals surface area contributed by atoms with Gasteiger partial charge in [-0.05, 0) is 68.2 Å². The van der Waals surface area contributed by atoms with Gasteiger partial charge in [0.05, 0.1) is 5.25 Å². The van der Waals surface area contributed by atoms with Crippen LogP contribution in [-0.4, -0.2) is 29.1 Å². The van der Waals surface area contributed by atoms with Crippen LogP contribution in [-0.2, 0) is 17.9 Å². The van der Waals surface area contributed by atoms with Crippen LogP contribution in [0.15, 0.2) is 53.4 Å². The summed E-state index contributed by atoms with van der Waals surface area (Å²) in [5, 5.41) is 3.61. The Labute approximate surface area is 165 Å². The SMILES string of the molecule is C[C@H](Sc1ccc(Cl)cc1)C(=O)NCc1cccc(CN2CCCC2)c1. The monoisotopic (exact) mass is 388 g/mol. The normalized spacial score (nSPS) is 15.8. The molecule has 1 aliphatic heterocycles. The fourth-order valence-electron chi connectivity index (χ4n) is 3.14. The van der Waals surface area contributed by atoms with E-state index in [0.717, 1.165) is 17.0 Å². The minimum Gasteiger partial charge on any atom is -0.351 e. The van der Waals surface area contributed by atoms with E-state index in [4.69, 9.17) is 11.6 Å². The highest BCUT2D eigenvalue weighted by atomic mass is 35.5. The molecule has 0 unspecified atom stereocenters. The van der Waals surface area contributed by atoms with E-state index in [1.165, 1.54) is 31.5 Å². The lowest BCUT2D eigenvalue weighted by atomic mass is 10.1. The average molecular weight is 389 g/mol. The number of halogens is 1. The highest BCUT2D eigenvalue weighted by molar-refractivity contribution is 8.00. The average Bonchev–Trinajstić information content (AvgIpc) is 3.15. The molecule has 1 atom stereocenters. The number of rotatable bonds is 7. The fourth-order valence-corrected chi connectivity index (χ4v) is 4.16. The zero-order chi connectivity index (χ0) is 18.4. The molecule has 1 fully saturated rings. The number of thioether (sulfide) groups is 1. The van der Waals surface area contributed by atoms with Crippen molar-refractivity contribution in [1.82, 2.24) is 10.2 Å². The number of carbonyl (C=O) groups is 1.